The summed E-state index contributed by atoms with van der Waals surface area (Å²) in [6.45, 7) is 0. The number of benzene rings is 5. The smallest absolute Gasteiger partial charge is 0.0254 e. The second-order valence-electron chi connectivity index (χ2n) is 7.50. The Bertz CT molecular complexity index is 1310. The third-order valence-corrected chi connectivity index (χ3v) is 6.59. The molecule has 1 aliphatic rings. The van der Waals surface area contributed by atoms with E-state index in [0.29, 0.717) is 0 Å². The Balaban J connectivity index is 1.72. The zero-order valence-corrected chi connectivity index (χ0v) is 17.3. The highest BCUT2D eigenvalue weighted by Gasteiger charge is 2.24. The number of hydrogen-bond acceptors (Lipinski definition) is 0. The molecular formula is C28H17Br. The Morgan fingerprint density at radius 2 is 0.966 bits per heavy atom. The molecule has 0 spiro atoms. The zero-order chi connectivity index (χ0) is 19.4. The van der Waals surface area contributed by atoms with E-state index in [4.69, 9.17) is 0 Å². The molecule has 0 bridgehead atoms. The molecule has 0 unspecified atom stereocenters. The molecule has 0 aliphatic heterocycles. The van der Waals surface area contributed by atoms with E-state index < -0.39 is 0 Å². The number of halogens is 1. The van der Waals surface area contributed by atoms with Crippen LogP contribution in [0.25, 0.3) is 55.3 Å². The lowest BCUT2D eigenvalue weighted by Gasteiger charge is -2.14. The summed E-state index contributed by atoms with van der Waals surface area (Å²) in [5.41, 5.74) is 10.3. The van der Waals surface area contributed by atoms with E-state index in [1.807, 2.05) is 0 Å². The van der Waals surface area contributed by atoms with Gasteiger partial charge in [0.1, 0.15) is 0 Å². The first kappa shape index (κ1) is 16.8. The lowest BCUT2D eigenvalue weighted by molar-refractivity contribution is 1.58. The van der Waals surface area contributed by atoms with E-state index in [1.54, 1.807) is 0 Å². The van der Waals surface area contributed by atoms with Gasteiger partial charge in [0.2, 0.25) is 0 Å². The van der Waals surface area contributed by atoms with Crippen LogP contribution >= 0.6 is 15.9 Å². The minimum absolute atomic E-state index is 1.15. The lowest BCUT2D eigenvalue weighted by atomic mass is 9.89. The van der Waals surface area contributed by atoms with Gasteiger partial charge in [-0.3, -0.25) is 0 Å². The summed E-state index contributed by atoms with van der Waals surface area (Å²) < 4.78 is 1.15. The molecule has 136 valence electrons. The van der Waals surface area contributed by atoms with Gasteiger partial charge in [-0.05, 0) is 73.5 Å². The van der Waals surface area contributed by atoms with E-state index in [0.717, 1.165) is 4.47 Å². The van der Waals surface area contributed by atoms with Crippen molar-refractivity contribution in [2.24, 2.45) is 0 Å². The second kappa shape index (κ2) is 6.43. The molecule has 1 aliphatic carbocycles. The van der Waals surface area contributed by atoms with Crippen LogP contribution in [-0.4, -0.2) is 0 Å². The maximum absolute atomic E-state index is 3.74. The fourth-order valence-electron chi connectivity index (χ4n) is 4.58. The van der Waals surface area contributed by atoms with E-state index in [-0.39, 0.29) is 0 Å². The van der Waals surface area contributed by atoms with Gasteiger partial charge in [0.25, 0.3) is 0 Å². The Morgan fingerprint density at radius 3 is 1.55 bits per heavy atom. The third-order valence-electron chi connectivity index (χ3n) is 5.90. The molecule has 0 fully saturated rings. The molecule has 6 rings (SSSR count). The topological polar surface area (TPSA) is 0 Å². The maximum atomic E-state index is 3.74. The van der Waals surface area contributed by atoms with E-state index in [9.17, 15) is 0 Å². The highest BCUT2D eigenvalue weighted by Crippen LogP contribution is 2.51. The molecule has 0 radical (unpaired) electrons. The zero-order valence-electron chi connectivity index (χ0n) is 15.7. The van der Waals surface area contributed by atoms with E-state index >= 15 is 0 Å². The quantitative estimate of drug-likeness (QED) is 0.257. The normalized spacial score (nSPS) is 11.6. The van der Waals surface area contributed by atoms with Gasteiger partial charge in [-0.1, -0.05) is 101 Å². The summed E-state index contributed by atoms with van der Waals surface area (Å²) in [4.78, 5) is 0. The van der Waals surface area contributed by atoms with Gasteiger partial charge >= 0.3 is 0 Å². The van der Waals surface area contributed by atoms with Gasteiger partial charge in [0, 0.05) is 4.47 Å². The van der Waals surface area contributed by atoms with Gasteiger partial charge in [-0.25, -0.2) is 0 Å². The van der Waals surface area contributed by atoms with Gasteiger partial charge < -0.3 is 0 Å². The fourth-order valence-corrected chi connectivity index (χ4v) is 5.04. The summed E-state index contributed by atoms with van der Waals surface area (Å²) in [6.07, 6.45) is 0. The van der Waals surface area contributed by atoms with Crippen molar-refractivity contribution in [2.45, 2.75) is 0 Å². The average molecular weight is 433 g/mol. The highest BCUT2D eigenvalue weighted by atomic mass is 79.9. The molecule has 0 nitrogen and oxygen atoms in total. The van der Waals surface area contributed by atoms with Crippen molar-refractivity contribution in [2.75, 3.05) is 0 Å². The van der Waals surface area contributed by atoms with Crippen LogP contribution in [0.3, 0.4) is 0 Å². The molecule has 1 heteroatoms. The van der Waals surface area contributed by atoms with Gasteiger partial charge in [0.05, 0.1) is 0 Å². The second-order valence-corrected chi connectivity index (χ2v) is 8.35. The maximum Gasteiger partial charge on any atom is 0.0254 e. The molecule has 0 N–H and O–H groups in total. The molecule has 5 aromatic rings. The molecule has 0 heterocycles. The summed E-state index contributed by atoms with van der Waals surface area (Å²) >= 11 is 3.74. The molecule has 0 atom stereocenters. The first-order valence-electron chi connectivity index (χ1n) is 9.82. The van der Waals surface area contributed by atoms with Gasteiger partial charge in [-0.15, -0.1) is 0 Å². The van der Waals surface area contributed by atoms with Crippen LogP contribution in [0.4, 0.5) is 0 Å². The van der Waals surface area contributed by atoms with Crippen LogP contribution in [-0.2, 0) is 0 Å². The van der Waals surface area contributed by atoms with Crippen LogP contribution in [0.5, 0.6) is 0 Å². The monoisotopic (exact) mass is 432 g/mol. The van der Waals surface area contributed by atoms with Gasteiger partial charge in [0.15, 0.2) is 0 Å². The molecule has 5 aromatic carbocycles. The minimum Gasteiger partial charge on any atom is -0.0622 e. The summed E-state index contributed by atoms with van der Waals surface area (Å²) in [5.74, 6) is 0. The van der Waals surface area contributed by atoms with Gasteiger partial charge in [-0.2, -0.15) is 0 Å². The largest absolute Gasteiger partial charge is 0.0622 e. The molecule has 0 saturated carbocycles. The van der Waals surface area contributed by atoms with Crippen molar-refractivity contribution in [3.63, 3.8) is 0 Å². The van der Waals surface area contributed by atoms with E-state index in [2.05, 4.69) is 119 Å². The predicted molar refractivity (Wildman–Crippen MR) is 127 cm³/mol. The lowest BCUT2D eigenvalue weighted by Crippen LogP contribution is -1.88. The fraction of sp³-hybridized carbons (Fsp3) is 0. The predicted octanol–water partition coefficient (Wildman–Crippen LogP) is 8.58. The summed E-state index contributed by atoms with van der Waals surface area (Å²) in [5, 5.41) is 2.62. The molecule has 0 aromatic heterocycles. The van der Waals surface area contributed by atoms with Crippen molar-refractivity contribution < 1.29 is 0 Å². The van der Waals surface area contributed by atoms with Crippen molar-refractivity contribution in [3.8, 4) is 44.5 Å². The minimum atomic E-state index is 1.15. The Kier molecular flexibility index (Phi) is 3.72. The molecule has 29 heavy (non-hydrogen) atoms. The van der Waals surface area contributed by atoms with Crippen LogP contribution in [0.1, 0.15) is 0 Å². The Hall–Kier alpha value is -3.16. The first-order chi connectivity index (χ1) is 14.3. The van der Waals surface area contributed by atoms with Crippen LogP contribution in [0.15, 0.2) is 108 Å². The number of rotatable bonds is 2. The number of fused-ring (bicyclic) bond motifs is 3. The first-order valence-corrected chi connectivity index (χ1v) is 10.6. The molecular weight excluding hydrogens is 416 g/mol. The summed E-state index contributed by atoms with van der Waals surface area (Å²) in [6, 6.07) is 37.2. The standard InChI is InChI=1S/C28H17Br/c29-27-15-14-21-26-17-24(19-10-5-2-6-11-19)23(18-8-3-1-4-9-18)16-25(26)20-12-7-13-22(27)28(20)21/h1-17H. The van der Waals surface area contributed by atoms with E-state index in [1.165, 1.54) is 55.3 Å². The van der Waals surface area contributed by atoms with Crippen molar-refractivity contribution in [3.05, 3.63) is 108 Å². The van der Waals surface area contributed by atoms with Crippen LogP contribution in [0.2, 0.25) is 0 Å². The van der Waals surface area contributed by atoms with Crippen molar-refractivity contribution in [1.29, 1.82) is 0 Å². The molecule has 0 saturated heterocycles. The third kappa shape index (κ3) is 2.51. The Labute approximate surface area is 178 Å². The average Bonchev–Trinajstić information content (AvgIpc) is 3.11. The Morgan fingerprint density at radius 1 is 0.414 bits per heavy atom. The van der Waals surface area contributed by atoms with Crippen molar-refractivity contribution >= 4 is 26.7 Å². The summed E-state index contributed by atoms with van der Waals surface area (Å²) in [7, 11) is 0. The van der Waals surface area contributed by atoms with Crippen LogP contribution in [0, 0.1) is 0 Å². The van der Waals surface area contributed by atoms with Crippen LogP contribution < -0.4 is 0 Å². The van der Waals surface area contributed by atoms with Crippen molar-refractivity contribution in [1.82, 2.24) is 0 Å². The SMILES string of the molecule is Brc1ccc2c3c(cccc13)-c1cc(-c3ccccc3)c(-c3ccccc3)cc1-2. The highest BCUT2D eigenvalue weighted by molar-refractivity contribution is 9.10. The number of hydrogen-bond donors (Lipinski definition) is 0. The molecule has 0 amide bonds.